The molecule has 0 radical (unpaired) electrons. The average molecular weight is 427 g/mol. The highest BCUT2D eigenvalue weighted by molar-refractivity contribution is 5.86. The highest BCUT2D eigenvalue weighted by atomic mass is 16.6. The molecule has 0 amide bonds. The first-order chi connectivity index (χ1) is 14.6. The minimum Gasteiger partial charge on any atom is -0.466 e. The summed E-state index contributed by atoms with van der Waals surface area (Å²) in [4.78, 5) is 10.2. The van der Waals surface area contributed by atoms with E-state index in [-0.39, 0.29) is 5.97 Å². The van der Waals surface area contributed by atoms with Crippen molar-refractivity contribution in [3.8, 4) is 0 Å². The Bertz CT molecular complexity index is 390. The van der Waals surface area contributed by atoms with Gasteiger partial charge in [-0.2, -0.15) is 0 Å². The van der Waals surface area contributed by atoms with Gasteiger partial charge in [0.25, 0.3) is 0 Å². The molecule has 0 bridgehead atoms. The van der Waals surface area contributed by atoms with Crippen molar-refractivity contribution in [1.29, 1.82) is 0 Å². The predicted molar refractivity (Wildman–Crippen MR) is 127 cm³/mol. The SMILES string of the molecule is C=C(C)C(=O)OC.CCCCCCCCCCCCCCCCCCOCC1CO1. The van der Waals surface area contributed by atoms with Gasteiger partial charge in [-0.3, -0.25) is 0 Å². The van der Waals surface area contributed by atoms with Gasteiger partial charge in [0, 0.05) is 12.2 Å². The van der Waals surface area contributed by atoms with Gasteiger partial charge in [-0.05, 0) is 13.3 Å². The molecule has 4 nitrogen and oxygen atoms in total. The lowest BCUT2D eigenvalue weighted by atomic mass is 10.0. The molecule has 1 fully saturated rings. The molecule has 1 aliphatic heterocycles. The summed E-state index contributed by atoms with van der Waals surface area (Å²) >= 11 is 0. The van der Waals surface area contributed by atoms with Crippen LogP contribution in [0.1, 0.15) is 117 Å². The van der Waals surface area contributed by atoms with E-state index < -0.39 is 0 Å². The highest BCUT2D eigenvalue weighted by Gasteiger charge is 2.21. The van der Waals surface area contributed by atoms with Crippen molar-refractivity contribution in [3.63, 3.8) is 0 Å². The predicted octanol–water partition coefficient (Wildman–Crippen LogP) is 7.40. The van der Waals surface area contributed by atoms with Gasteiger partial charge in [-0.15, -0.1) is 0 Å². The van der Waals surface area contributed by atoms with Crippen molar-refractivity contribution in [1.82, 2.24) is 0 Å². The van der Waals surface area contributed by atoms with E-state index in [4.69, 9.17) is 9.47 Å². The zero-order valence-electron chi connectivity index (χ0n) is 20.4. The fourth-order valence-electron chi connectivity index (χ4n) is 3.31. The number of carbonyl (C=O) groups is 1. The quantitative estimate of drug-likeness (QED) is 0.0880. The van der Waals surface area contributed by atoms with E-state index >= 15 is 0 Å². The lowest BCUT2D eigenvalue weighted by molar-refractivity contribution is -0.136. The molecular weight excluding hydrogens is 376 g/mol. The number of epoxide rings is 1. The van der Waals surface area contributed by atoms with Gasteiger partial charge in [0.1, 0.15) is 6.10 Å². The third kappa shape index (κ3) is 23.4. The summed E-state index contributed by atoms with van der Waals surface area (Å²) in [6, 6.07) is 0. The topological polar surface area (TPSA) is 48.1 Å². The van der Waals surface area contributed by atoms with E-state index in [0.29, 0.717) is 11.7 Å². The van der Waals surface area contributed by atoms with Crippen molar-refractivity contribution in [3.05, 3.63) is 12.2 Å². The zero-order chi connectivity index (χ0) is 22.3. The average Bonchev–Trinajstić information content (AvgIpc) is 3.57. The zero-order valence-corrected chi connectivity index (χ0v) is 20.4. The van der Waals surface area contributed by atoms with Crippen LogP contribution in [0.5, 0.6) is 0 Å². The molecule has 0 aliphatic carbocycles. The fraction of sp³-hybridized carbons (Fsp3) is 0.885. The number of rotatable bonds is 20. The van der Waals surface area contributed by atoms with E-state index in [1.54, 1.807) is 6.92 Å². The summed E-state index contributed by atoms with van der Waals surface area (Å²) in [5.74, 6) is -0.347. The lowest BCUT2D eigenvalue weighted by Crippen LogP contribution is -2.02. The molecule has 0 aromatic rings. The molecule has 4 heteroatoms. The number of methoxy groups -OCH3 is 1. The molecule has 0 spiro atoms. The summed E-state index contributed by atoms with van der Waals surface area (Å²) in [5.41, 5.74) is 0.433. The van der Waals surface area contributed by atoms with Crippen molar-refractivity contribution < 1.29 is 19.0 Å². The van der Waals surface area contributed by atoms with Crippen molar-refractivity contribution in [2.45, 2.75) is 123 Å². The minimum absolute atomic E-state index is 0.347. The maximum Gasteiger partial charge on any atom is 0.332 e. The number of hydrogen-bond acceptors (Lipinski definition) is 4. The first-order valence-electron chi connectivity index (χ1n) is 12.5. The molecule has 1 saturated heterocycles. The fourth-order valence-corrected chi connectivity index (χ4v) is 3.31. The molecule has 178 valence electrons. The summed E-state index contributed by atoms with van der Waals surface area (Å²) in [5, 5.41) is 0. The van der Waals surface area contributed by atoms with Crippen LogP contribution in [0.15, 0.2) is 12.2 Å². The van der Waals surface area contributed by atoms with Crippen molar-refractivity contribution >= 4 is 5.97 Å². The Morgan fingerprint density at radius 1 is 0.833 bits per heavy atom. The molecular formula is C26H50O4. The summed E-state index contributed by atoms with van der Waals surface area (Å²) < 4.78 is 14.9. The van der Waals surface area contributed by atoms with E-state index in [2.05, 4.69) is 18.2 Å². The molecule has 0 aromatic carbocycles. The molecule has 1 atom stereocenters. The van der Waals surface area contributed by atoms with Gasteiger partial charge in [-0.25, -0.2) is 4.79 Å². The van der Waals surface area contributed by atoms with Gasteiger partial charge in [-0.1, -0.05) is 110 Å². The van der Waals surface area contributed by atoms with E-state index in [9.17, 15) is 4.79 Å². The first kappa shape index (κ1) is 29.1. The second-order valence-electron chi connectivity index (χ2n) is 8.61. The van der Waals surface area contributed by atoms with E-state index in [0.717, 1.165) is 19.8 Å². The van der Waals surface area contributed by atoms with Crippen LogP contribution in [0.3, 0.4) is 0 Å². The van der Waals surface area contributed by atoms with Gasteiger partial charge >= 0.3 is 5.97 Å². The molecule has 1 rings (SSSR count). The first-order valence-corrected chi connectivity index (χ1v) is 12.5. The Balaban J connectivity index is 0.00000103. The molecule has 0 N–H and O–H groups in total. The molecule has 30 heavy (non-hydrogen) atoms. The highest BCUT2D eigenvalue weighted by Crippen LogP contribution is 2.14. The molecule has 0 saturated carbocycles. The second kappa shape index (κ2) is 22.8. The van der Waals surface area contributed by atoms with Crippen LogP contribution in [0.4, 0.5) is 0 Å². The summed E-state index contributed by atoms with van der Waals surface area (Å²) in [7, 11) is 1.33. The van der Waals surface area contributed by atoms with Gasteiger partial charge in [0.15, 0.2) is 0 Å². The maximum atomic E-state index is 10.2. The normalized spacial score (nSPS) is 14.7. The molecule has 0 aromatic heterocycles. The Morgan fingerprint density at radius 2 is 1.23 bits per heavy atom. The van der Waals surface area contributed by atoms with Crippen LogP contribution in [0, 0.1) is 0 Å². The monoisotopic (exact) mass is 426 g/mol. The van der Waals surface area contributed by atoms with Crippen LogP contribution < -0.4 is 0 Å². The van der Waals surface area contributed by atoms with Crippen LogP contribution >= 0.6 is 0 Å². The van der Waals surface area contributed by atoms with Crippen molar-refractivity contribution in [2.75, 3.05) is 26.9 Å². The number of esters is 1. The molecule has 1 unspecified atom stereocenters. The van der Waals surface area contributed by atoms with E-state index in [1.165, 1.54) is 110 Å². The van der Waals surface area contributed by atoms with Crippen LogP contribution in [-0.4, -0.2) is 39.0 Å². The Labute approximate surface area is 187 Å². The minimum atomic E-state index is -0.347. The Kier molecular flexibility index (Phi) is 22.1. The Hall–Kier alpha value is -0.870. The second-order valence-corrected chi connectivity index (χ2v) is 8.61. The van der Waals surface area contributed by atoms with Crippen LogP contribution in [-0.2, 0) is 19.0 Å². The van der Waals surface area contributed by atoms with Gasteiger partial charge < -0.3 is 14.2 Å². The molecule has 1 heterocycles. The third-order valence-corrected chi connectivity index (χ3v) is 5.38. The molecule has 1 aliphatic rings. The largest absolute Gasteiger partial charge is 0.466 e. The number of ether oxygens (including phenoxy) is 3. The number of carbonyl (C=O) groups excluding carboxylic acids is 1. The summed E-state index contributed by atoms with van der Waals surface area (Å²) in [6.07, 6.45) is 23.2. The van der Waals surface area contributed by atoms with Gasteiger partial charge in [0.2, 0.25) is 0 Å². The lowest BCUT2D eigenvalue weighted by Gasteiger charge is -2.04. The maximum absolute atomic E-state index is 10.2. The van der Waals surface area contributed by atoms with Crippen LogP contribution in [0.2, 0.25) is 0 Å². The number of unbranched alkanes of at least 4 members (excludes halogenated alkanes) is 15. The standard InChI is InChI=1S/C21H42O2.C5H8O2/c1-2-3-4-5-6-7-8-9-10-11-12-13-14-15-16-17-18-22-19-21-20-23-21;1-4(2)5(6)7-3/h21H,2-20H2,1H3;1H2,2-3H3. The Morgan fingerprint density at radius 3 is 1.53 bits per heavy atom. The smallest absolute Gasteiger partial charge is 0.332 e. The van der Waals surface area contributed by atoms with E-state index in [1.807, 2.05) is 0 Å². The van der Waals surface area contributed by atoms with Crippen LogP contribution in [0.25, 0.3) is 0 Å². The number of hydrogen-bond donors (Lipinski definition) is 0. The van der Waals surface area contributed by atoms with Gasteiger partial charge in [0.05, 0.1) is 20.3 Å². The summed E-state index contributed by atoms with van der Waals surface area (Å²) in [6.45, 7) is 9.91. The van der Waals surface area contributed by atoms with Crippen molar-refractivity contribution in [2.24, 2.45) is 0 Å². The third-order valence-electron chi connectivity index (χ3n) is 5.38.